The first-order valence-corrected chi connectivity index (χ1v) is 9.32. The number of rotatable bonds is 5. The van der Waals surface area contributed by atoms with Gasteiger partial charge in [0.2, 0.25) is 0 Å². The summed E-state index contributed by atoms with van der Waals surface area (Å²) < 4.78 is 34.4. The average molecular weight is 314 g/mol. The van der Waals surface area contributed by atoms with Gasteiger partial charge in [-0.05, 0) is 26.2 Å². The van der Waals surface area contributed by atoms with Crippen molar-refractivity contribution in [3.8, 4) is 0 Å². The zero-order valence-electron chi connectivity index (χ0n) is 12.3. The molecule has 0 N–H and O–H groups in total. The van der Waals surface area contributed by atoms with E-state index in [1.807, 2.05) is 6.92 Å². The second kappa shape index (κ2) is 6.06. The number of sulfone groups is 1. The zero-order chi connectivity index (χ0) is 14.9. The normalized spacial score (nSPS) is 28.5. The van der Waals surface area contributed by atoms with Crippen molar-refractivity contribution in [1.82, 2.24) is 10.1 Å². The zero-order valence-corrected chi connectivity index (χ0v) is 13.1. The lowest BCUT2D eigenvalue weighted by Crippen LogP contribution is -2.40. The molecule has 21 heavy (non-hydrogen) atoms. The molecule has 2 atom stereocenters. The van der Waals surface area contributed by atoms with Gasteiger partial charge in [0.1, 0.15) is 5.76 Å². The molecule has 0 aliphatic carbocycles. The molecule has 0 radical (unpaired) electrons. The molecule has 2 fully saturated rings. The van der Waals surface area contributed by atoms with E-state index < -0.39 is 9.84 Å². The maximum Gasteiger partial charge on any atom is 0.151 e. The summed E-state index contributed by atoms with van der Waals surface area (Å²) in [6.07, 6.45) is 4.79. The number of aromatic nitrogens is 1. The number of aryl methyl sites for hydroxylation is 1. The van der Waals surface area contributed by atoms with Crippen molar-refractivity contribution in [3.63, 3.8) is 0 Å². The highest BCUT2D eigenvalue weighted by atomic mass is 32.2. The maximum absolute atomic E-state index is 11.8. The van der Waals surface area contributed by atoms with Crippen LogP contribution in [0, 0.1) is 6.92 Å². The Hall–Kier alpha value is -0.920. The van der Waals surface area contributed by atoms with E-state index in [4.69, 9.17) is 9.26 Å². The van der Waals surface area contributed by atoms with Crippen LogP contribution in [0.5, 0.6) is 0 Å². The van der Waals surface area contributed by atoms with Crippen LogP contribution in [0.4, 0.5) is 0 Å². The molecular weight excluding hydrogens is 292 g/mol. The number of ether oxygens (including phenoxy) is 1. The Bertz CT molecular complexity index is 578. The van der Waals surface area contributed by atoms with Gasteiger partial charge in [0, 0.05) is 31.3 Å². The lowest BCUT2D eigenvalue weighted by molar-refractivity contribution is 0.0573. The largest absolute Gasteiger partial charge is 0.377 e. The van der Waals surface area contributed by atoms with Crippen molar-refractivity contribution in [2.45, 2.75) is 44.9 Å². The van der Waals surface area contributed by atoms with Gasteiger partial charge in [-0.15, -0.1) is 0 Å². The van der Waals surface area contributed by atoms with Crippen LogP contribution in [0.15, 0.2) is 10.7 Å². The summed E-state index contributed by atoms with van der Waals surface area (Å²) in [7, 11) is -2.88. The standard InChI is InChI=1S/C14H22N2O4S/c1-11-12(7-15-20-11)8-16(9-14-3-2-5-19-14)13-4-6-21(17,18)10-13/h7,13-14H,2-6,8-10H2,1H3/t13-,14+/m1/s1. The molecule has 0 unspecified atom stereocenters. The Morgan fingerprint density at radius 2 is 2.29 bits per heavy atom. The first-order chi connectivity index (χ1) is 10.0. The predicted octanol–water partition coefficient (Wildman–Crippen LogP) is 1.15. The smallest absolute Gasteiger partial charge is 0.151 e. The van der Waals surface area contributed by atoms with E-state index in [0.717, 1.165) is 37.3 Å². The van der Waals surface area contributed by atoms with Gasteiger partial charge < -0.3 is 9.26 Å². The van der Waals surface area contributed by atoms with Gasteiger partial charge in [-0.2, -0.15) is 0 Å². The third-order valence-corrected chi connectivity index (χ3v) is 6.16. The molecular formula is C14H22N2O4S. The van der Waals surface area contributed by atoms with Gasteiger partial charge in [-0.25, -0.2) is 8.42 Å². The van der Waals surface area contributed by atoms with Crippen LogP contribution in [-0.4, -0.2) is 55.3 Å². The average Bonchev–Trinajstić information content (AvgIpc) is 3.12. The molecule has 0 bridgehead atoms. The van der Waals surface area contributed by atoms with Crippen LogP contribution >= 0.6 is 0 Å². The summed E-state index contributed by atoms with van der Waals surface area (Å²) in [6, 6.07) is 0.0773. The highest BCUT2D eigenvalue weighted by Crippen LogP contribution is 2.23. The Morgan fingerprint density at radius 1 is 1.43 bits per heavy atom. The van der Waals surface area contributed by atoms with Crippen LogP contribution in [0.3, 0.4) is 0 Å². The fourth-order valence-corrected chi connectivity index (χ4v) is 4.91. The van der Waals surface area contributed by atoms with E-state index >= 15 is 0 Å². The molecule has 7 heteroatoms. The fraction of sp³-hybridized carbons (Fsp3) is 0.786. The summed E-state index contributed by atoms with van der Waals surface area (Å²) >= 11 is 0. The molecule has 1 aromatic rings. The van der Waals surface area contributed by atoms with E-state index in [9.17, 15) is 8.42 Å². The second-order valence-corrected chi connectivity index (χ2v) is 8.26. The summed E-state index contributed by atoms with van der Waals surface area (Å²) in [4.78, 5) is 2.24. The Labute approximate surface area is 125 Å². The van der Waals surface area contributed by atoms with Crippen molar-refractivity contribution in [1.29, 1.82) is 0 Å². The van der Waals surface area contributed by atoms with E-state index in [0.29, 0.717) is 18.7 Å². The van der Waals surface area contributed by atoms with E-state index in [1.165, 1.54) is 0 Å². The minimum absolute atomic E-state index is 0.0773. The molecule has 2 saturated heterocycles. The third-order valence-electron chi connectivity index (χ3n) is 4.41. The quantitative estimate of drug-likeness (QED) is 0.812. The molecule has 2 aliphatic heterocycles. The summed E-state index contributed by atoms with van der Waals surface area (Å²) in [5.74, 6) is 1.35. The van der Waals surface area contributed by atoms with Gasteiger partial charge in [-0.1, -0.05) is 5.16 Å². The fourth-order valence-electron chi connectivity index (χ4n) is 3.15. The SMILES string of the molecule is Cc1oncc1CN(C[C@@H]1CCCO1)[C@@H]1CCS(=O)(=O)C1. The van der Waals surface area contributed by atoms with E-state index in [-0.39, 0.29) is 17.9 Å². The summed E-state index contributed by atoms with van der Waals surface area (Å²) in [5.41, 5.74) is 1.03. The van der Waals surface area contributed by atoms with Crippen molar-refractivity contribution in [2.75, 3.05) is 24.7 Å². The molecule has 0 amide bonds. The molecule has 0 saturated carbocycles. The van der Waals surface area contributed by atoms with Gasteiger partial charge in [0.15, 0.2) is 9.84 Å². The Balaban J connectivity index is 1.72. The van der Waals surface area contributed by atoms with Crippen molar-refractivity contribution in [3.05, 3.63) is 17.5 Å². The van der Waals surface area contributed by atoms with Gasteiger partial charge in [0.05, 0.1) is 23.8 Å². The predicted molar refractivity (Wildman–Crippen MR) is 77.7 cm³/mol. The number of hydrogen-bond acceptors (Lipinski definition) is 6. The maximum atomic E-state index is 11.8. The Kier molecular flexibility index (Phi) is 4.33. The van der Waals surface area contributed by atoms with Crippen LogP contribution in [-0.2, 0) is 21.1 Å². The molecule has 3 heterocycles. The monoisotopic (exact) mass is 314 g/mol. The molecule has 3 rings (SSSR count). The molecule has 2 aliphatic rings. The third kappa shape index (κ3) is 3.64. The molecule has 1 aromatic heterocycles. The van der Waals surface area contributed by atoms with E-state index in [1.54, 1.807) is 6.20 Å². The van der Waals surface area contributed by atoms with Crippen molar-refractivity contribution < 1.29 is 17.7 Å². The van der Waals surface area contributed by atoms with E-state index in [2.05, 4.69) is 10.1 Å². The first kappa shape index (κ1) is 15.0. The molecule has 0 spiro atoms. The lowest BCUT2D eigenvalue weighted by atomic mass is 10.1. The molecule has 6 nitrogen and oxygen atoms in total. The molecule has 0 aromatic carbocycles. The van der Waals surface area contributed by atoms with Crippen LogP contribution < -0.4 is 0 Å². The topological polar surface area (TPSA) is 72.6 Å². The highest BCUT2D eigenvalue weighted by molar-refractivity contribution is 7.91. The van der Waals surface area contributed by atoms with Crippen LogP contribution in [0.1, 0.15) is 30.6 Å². The lowest BCUT2D eigenvalue weighted by Gasteiger charge is -2.29. The van der Waals surface area contributed by atoms with Crippen LogP contribution in [0.25, 0.3) is 0 Å². The number of nitrogens with zero attached hydrogens (tertiary/aromatic N) is 2. The van der Waals surface area contributed by atoms with Gasteiger partial charge >= 0.3 is 0 Å². The summed E-state index contributed by atoms with van der Waals surface area (Å²) in [5, 5.41) is 3.81. The number of hydrogen-bond donors (Lipinski definition) is 0. The molecule has 118 valence electrons. The summed E-state index contributed by atoms with van der Waals surface area (Å²) in [6.45, 7) is 4.16. The van der Waals surface area contributed by atoms with Crippen LogP contribution in [0.2, 0.25) is 0 Å². The van der Waals surface area contributed by atoms with Gasteiger partial charge in [-0.3, -0.25) is 4.90 Å². The second-order valence-electron chi connectivity index (χ2n) is 6.03. The minimum atomic E-state index is -2.88. The Morgan fingerprint density at radius 3 is 2.86 bits per heavy atom. The van der Waals surface area contributed by atoms with Crippen molar-refractivity contribution >= 4 is 9.84 Å². The van der Waals surface area contributed by atoms with Gasteiger partial charge in [0.25, 0.3) is 0 Å². The first-order valence-electron chi connectivity index (χ1n) is 7.50. The minimum Gasteiger partial charge on any atom is -0.377 e. The highest BCUT2D eigenvalue weighted by Gasteiger charge is 2.34. The van der Waals surface area contributed by atoms with Crippen molar-refractivity contribution in [2.24, 2.45) is 0 Å².